The van der Waals surface area contributed by atoms with Crippen LogP contribution in [0.5, 0.6) is 0 Å². The monoisotopic (exact) mass is 393 g/mol. The zero-order valence-corrected chi connectivity index (χ0v) is 14.2. The van der Waals surface area contributed by atoms with Gasteiger partial charge in [-0.25, -0.2) is 13.4 Å². The molecule has 0 aliphatic heterocycles. The molecule has 0 radical (unpaired) electrons. The van der Waals surface area contributed by atoms with E-state index in [1.807, 2.05) is 0 Å². The number of hydrogen-bond acceptors (Lipinski definition) is 8. The second-order valence-electron chi connectivity index (χ2n) is 5.02. The molecule has 0 bridgehead atoms. The molecule has 0 aliphatic rings. The van der Waals surface area contributed by atoms with Crippen LogP contribution in [0.1, 0.15) is 21.5 Å². The van der Waals surface area contributed by atoms with E-state index in [0.717, 1.165) is 0 Å². The second-order valence-corrected chi connectivity index (χ2v) is 8.38. The van der Waals surface area contributed by atoms with Gasteiger partial charge in [0, 0.05) is 0 Å². The number of aromatic nitrogens is 3. The molecule has 0 atom stereocenters. The lowest BCUT2D eigenvalue weighted by Gasteiger charge is -2.06. The third-order valence-corrected chi connectivity index (χ3v) is 5.55. The van der Waals surface area contributed by atoms with E-state index in [2.05, 4.69) is 15.1 Å². The first-order valence-corrected chi connectivity index (χ1v) is 9.38. The number of sulfone groups is 1. The maximum atomic E-state index is 12.9. The van der Waals surface area contributed by atoms with Gasteiger partial charge < -0.3 is 8.94 Å². The summed E-state index contributed by atoms with van der Waals surface area (Å²) < 4.78 is 73.1. The predicted molar refractivity (Wildman–Crippen MR) is 80.2 cm³/mol. The molecule has 0 unspecified atom stereocenters. The lowest BCUT2D eigenvalue weighted by atomic mass is 10.4. The Morgan fingerprint density at radius 3 is 2.64 bits per heavy atom. The summed E-state index contributed by atoms with van der Waals surface area (Å²) in [4.78, 5) is 6.88. The highest BCUT2D eigenvalue weighted by Crippen LogP contribution is 2.35. The zero-order valence-electron chi connectivity index (χ0n) is 12.6. The number of thiazole rings is 1. The van der Waals surface area contributed by atoms with Crippen molar-refractivity contribution in [2.24, 2.45) is 0 Å². The lowest BCUT2D eigenvalue weighted by molar-refractivity contribution is -0.141. The minimum Gasteiger partial charge on any atom is -0.461 e. The van der Waals surface area contributed by atoms with Crippen molar-refractivity contribution >= 4 is 21.2 Å². The molecule has 25 heavy (non-hydrogen) atoms. The van der Waals surface area contributed by atoms with Crippen LogP contribution in [0.2, 0.25) is 0 Å². The third kappa shape index (κ3) is 4.07. The summed E-state index contributed by atoms with van der Waals surface area (Å²) in [7, 11) is -3.97. The maximum Gasteiger partial charge on any atom is 0.434 e. The smallest absolute Gasteiger partial charge is 0.434 e. The van der Waals surface area contributed by atoms with Gasteiger partial charge in [-0.05, 0) is 19.1 Å². The average Bonchev–Trinajstić information content (AvgIpc) is 3.17. The first kappa shape index (κ1) is 17.6. The summed E-state index contributed by atoms with van der Waals surface area (Å²) in [5.74, 6) is -1.40. The molecule has 0 N–H and O–H groups in total. The van der Waals surface area contributed by atoms with E-state index in [9.17, 15) is 21.6 Å². The van der Waals surface area contributed by atoms with Crippen molar-refractivity contribution in [3.05, 3.63) is 39.9 Å². The highest BCUT2D eigenvalue weighted by molar-refractivity contribution is 7.89. The molecule has 134 valence electrons. The predicted octanol–water partition coefficient (Wildman–Crippen LogP) is 3.23. The fraction of sp³-hybridized carbons (Fsp3) is 0.308. The van der Waals surface area contributed by atoms with Crippen LogP contribution in [0, 0.1) is 6.92 Å². The second kappa shape index (κ2) is 6.26. The summed E-state index contributed by atoms with van der Waals surface area (Å²) in [6.07, 6.45) is -3.33. The summed E-state index contributed by atoms with van der Waals surface area (Å²) in [6.45, 7) is 1.38. The van der Waals surface area contributed by atoms with Gasteiger partial charge in [0.15, 0.2) is 21.3 Å². The summed E-state index contributed by atoms with van der Waals surface area (Å²) in [5.41, 5.74) is -1.18. The molecule has 0 aliphatic carbocycles. The van der Waals surface area contributed by atoms with Crippen LogP contribution in [0.25, 0.3) is 11.6 Å². The molecule has 0 aromatic carbocycles. The Labute approximate surface area is 143 Å². The van der Waals surface area contributed by atoms with Crippen molar-refractivity contribution in [3.63, 3.8) is 0 Å². The summed E-state index contributed by atoms with van der Waals surface area (Å²) in [5, 5.41) is 3.71. The van der Waals surface area contributed by atoms with Gasteiger partial charge in [-0.1, -0.05) is 5.16 Å². The third-order valence-electron chi connectivity index (χ3n) is 2.98. The number of hydrogen-bond donors (Lipinski definition) is 0. The Balaban J connectivity index is 1.80. The quantitative estimate of drug-likeness (QED) is 0.656. The Kier molecular flexibility index (Phi) is 4.41. The van der Waals surface area contributed by atoms with E-state index in [1.54, 1.807) is 12.1 Å². The van der Waals surface area contributed by atoms with Crippen molar-refractivity contribution in [1.29, 1.82) is 0 Å². The number of alkyl halides is 3. The molecule has 0 spiro atoms. The SMILES string of the molecule is Cc1nc(C(F)(F)F)c(CS(=O)(=O)Cc2nc(-c3ccco3)no2)s1. The molecular formula is C13H10F3N3O4S2. The van der Waals surface area contributed by atoms with Gasteiger partial charge in [0.05, 0.1) is 21.9 Å². The van der Waals surface area contributed by atoms with Crippen LogP contribution in [-0.4, -0.2) is 23.5 Å². The number of furan rings is 1. The van der Waals surface area contributed by atoms with Gasteiger partial charge in [-0.2, -0.15) is 18.2 Å². The first-order valence-electron chi connectivity index (χ1n) is 6.74. The molecule has 3 heterocycles. The molecule has 7 nitrogen and oxygen atoms in total. The van der Waals surface area contributed by atoms with E-state index in [-0.39, 0.29) is 27.4 Å². The number of rotatable bonds is 5. The number of halogens is 3. The van der Waals surface area contributed by atoms with Gasteiger partial charge in [0.1, 0.15) is 5.75 Å². The summed E-state index contributed by atoms with van der Waals surface area (Å²) >= 11 is 0.690. The lowest BCUT2D eigenvalue weighted by Crippen LogP contribution is -2.13. The number of nitrogens with zero attached hydrogens (tertiary/aromatic N) is 3. The van der Waals surface area contributed by atoms with E-state index in [4.69, 9.17) is 8.94 Å². The van der Waals surface area contributed by atoms with Gasteiger partial charge in [0.25, 0.3) is 0 Å². The van der Waals surface area contributed by atoms with Crippen LogP contribution in [0.15, 0.2) is 27.3 Å². The fourth-order valence-corrected chi connectivity index (χ4v) is 4.70. The van der Waals surface area contributed by atoms with Crippen molar-refractivity contribution in [3.8, 4) is 11.6 Å². The zero-order chi connectivity index (χ0) is 18.2. The van der Waals surface area contributed by atoms with E-state index in [1.165, 1.54) is 13.2 Å². The molecule has 0 amide bonds. The normalized spacial score (nSPS) is 12.6. The molecule has 3 aromatic rings. The molecule has 0 fully saturated rings. The Morgan fingerprint density at radius 2 is 2.00 bits per heavy atom. The van der Waals surface area contributed by atoms with Crippen molar-refractivity contribution in [2.75, 3.05) is 0 Å². The van der Waals surface area contributed by atoms with Crippen LogP contribution in [-0.2, 0) is 27.5 Å². The van der Waals surface area contributed by atoms with Crippen LogP contribution in [0.3, 0.4) is 0 Å². The molecular weight excluding hydrogens is 383 g/mol. The fourth-order valence-electron chi connectivity index (χ4n) is 2.05. The van der Waals surface area contributed by atoms with Crippen molar-refractivity contribution in [2.45, 2.75) is 24.6 Å². The molecule has 3 aromatic heterocycles. The van der Waals surface area contributed by atoms with Crippen molar-refractivity contribution in [1.82, 2.24) is 15.1 Å². The number of aryl methyl sites for hydroxylation is 1. The first-order chi connectivity index (χ1) is 11.6. The minimum atomic E-state index is -4.72. The van der Waals surface area contributed by atoms with E-state index < -0.39 is 33.2 Å². The van der Waals surface area contributed by atoms with Crippen LogP contribution in [0.4, 0.5) is 13.2 Å². The molecule has 0 saturated heterocycles. The molecule has 3 rings (SSSR count). The Bertz CT molecular complexity index is 975. The minimum absolute atomic E-state index is 0.0554. The molecule has 0 saturated carbocycles. The van der Waals surface area contributed by atoms with Gasteiger partial charge in [-0.15, -0.1) is 11.3 Å². The Morgan fingerprint density at radius 1 is 1.24 bits per heavy atom. The van der Waals surface area contributed by atoms with Gasteiger partial charge in [-0.3, -0.25) is 0 Å². The highest BCUT2D eigenvalue weighted by Gasteiger charge is 2.38. The Hall–Kier alpha value is -2.21. The van der Waals surface area contributed by atoms with Crippen LogP contribution < -0.4 is 0 Å². The average molecular weight is 393 g/mol. The standard InChI is InChI=1S/C13H10F3N3O4S2/c1-7-17-11(13(14,15)16)9(24-7)5-25(20,21)6-10-18-12(19-23-10)8-3-2-4-22-8/h2-4H,5-6H2,1H3. The largest absolute Gasteiger partial charge is 0.461 e. The van der Waals surface area contributed by atoms with Crippen molar-refractivity contribution < 1.29 is 30.5 Å². The van der Waals surface area contributed by atoms with Gasteiger partial charge in [0.2, 0.25) is 11.7 Å². The van der Waals surface area contributed by atoms with E-state index in [0.29, 0.717) is 11.3 Å². The maximum absolute atomic E-state index is 12.9. The molecule has 12 heteroatoms. The topological polar surface area (TPSA) is 99.1 Å². The van der Waals surface area contributed by atoms with Crippen LogP contribution >= 0.6 is 11.3 Å². The van der Waals surface area contributed by atoms with E-state index >= 15 is 0 Å². The summed E-state index contributed by atoms with van der Waals surface area (Å²) in [6, 6.07) is 3.14. The van der Waals surface area contributed by atoms with Gasteiger partial charge >= 0.3 is 6.18 Å². The highest BCUT2D eigenvalue weighted by atomic mass is 32.2.